The van der Waals surface area contributed by atoms with Crippen LogP contribution in [0.2, 0.25) is 0 Å². The van der Waals surface area contributed by atoms with Crippen LogP contribution in [0, 0.1) is 0 Å². The largest absolute Gasteiger partial charge is 0.376 e. The highest BCUT2D eigenvalue weighted by molar-refractivity contribution is 9.10. The van der Waals surface area contributed by atoms with Crippen molar-refractivity contribution in [3.05, 3.63) is 34.3 Å². The van der Waals surface area contributed by atoms with Gasteiger partial charge in [0.2, 0.25) is 0 Å². The Morgan fingerprint density at radius 3 is 2.77 bits per heavy atom. The summed E-state index contributed by atoms with van der Waals surface area (Å²) in [5, 5.41) is 2.31. The molecule has 0 aromatic heterocycles. The van der Waals surface area contributed by atoms with Crippen molar-refractivity contribution < 1.29 is 4.79 Å². The van der Waals surface area contributed by atoms with Gasteiger partial charge in [0.15, 0.2) is 5.11 Å². The van der Waals surface area contributed by atoms with E-state index in [4.69, 9.17) is 5.73 Å². The van der Waals surface area contributed by atoms with E-state index in [1.165, 1.54) is 0 Å². The first-order chi connectivity index (χ1) is 6.09. The molecule has 0 saturated carbocycles. The summed E-state index contributed by atoms with van der Waals surface area (Å²) in [5.74, 6) is -0.297. The number of nitrogens with two attached hydrogens (primary N) is 1. The second-order valence-electron chi connectivity index (χ2n) is 2.33. The number of carbonyl (C=O) groups excluding carboxylic acids is 1. The third kappa shape index (κ3) is 3.12. The first kappa shape index (κ1) is 10.1. The van der Waals surface area contributed by atoms with Gasteiger partial charge in [0.05, 0.1) is 0 Å². The smallest absolute Gasteiger partial charge is 0.257 e. The van der Waals surface area contributed by atoms with Crippen molar-refractivity contribution >= 4 is 39.2 Å². The van der Waals surface area contributed by atoms with Gasteiger partial charge in [-0.05, 0) is 30.4 Å². The first-order valence-corrected chi connectivity index (χ1v) is 4.66. The Balaban J connectivity index is 2.83. The van der Waals surface area contributed by atoms with Gasteiger partial charge in [-0.1, -0.05) is 22.0 Å². The van der Waals surface area contributed by atoms with E-state index in [9.17, 15) is 4.79 Å². The van der Waals surface area contributed by atoms with Crippen LogP contribution in [0.4, 0.5) is 0 Å². The first-order valence-electron chi connectivity index (χ1n) is 3.46. The number of benzene rings is 1. The number of carbonyl (C=O) groups is 1. The van der Waals surface area contributed by atoms with E-state index < -0.39 is 0 Å². The molecule has 13 heavy (non-hydrogen) atoms. The van der Waals surface area contributed by atoms with Crippen LogP contribution >= 0.6 is 28.1 Å². The van der Waals surface area contributed by atoms with Crippen LogP contribution in [0.3, 0.4) is 0 Å². The number of nitrogens with one attached hydrogen (secondary N) is 1. The van der Waals surface area contributed by atoms with Gasteiger partial charge in [-0.25, -0.2) is 0 Å². The molecule has 1 aromatic rings. The molecule has 0 spiro atoms. The number of hydrogen-bond acceptors (Lipinski definition) is 2. The molecule has 0 atom stereocenters. The zero-order valence-corrected chi connectivity index (χ0v) is 8.98. The topological polar surface area (TPSA) is 55.1 Å². The van der Waals surface area contributed by atoms with E-state index in [0.29, 0.717) is 5.56 Å². The maximum absolute atomic E-state index is 11.3. The molecule has 68 valence electrons. The second-order valence-corrected chi connectivity index (χ2v) is 3.68. The summed E-state index contributed by atoms with van der Waals surface area (Å²) < 4.78 is 0.836. The van der Waals surface area contributed by atoms with Crippen LogP contribution in [0.1, 0.15) is 10.4 Å². The molecule has 0 fully saturated rings. The van der Waals surface area contributed by atoms with Gasteiger partial charge in [0.25, 0.3) is 5.91 Å². The van der Waals surface area contributed by atoms with Crippen LogP contribution < -0.4 is 11.1 Å². The molecule has 1 amide bonds. The third-order valence-corrected chi connectivity index (χ3v) is 1.92. The molecule has 3 nitrogen and oxygen atoms in total. The lowest BCUT2D eigenvalue weighted by atomic mass is 10.2. The standard InChI is InChI=1S/C8H7BrN2OS/c9-6-3-1-2-5(4-6)7(12)11-8(10)13/h1-4H,(H3,10,11,12,13). The Bertz CT molecular complexity index is 354. The highest BCUT2D eigenvalue weighted by atomic mass is 79.9. The SMILES string of the molecule is NC(=S)NC(=O)c1cccc(Br)c1. The molecular formula is C8H7BrN2OS. The minimum absolute atomic E-state index is 0.0232. The summed E-state index contributed by atoms with van der Waals surface area (Å²) in [5.41, 5.74) is 5.67. The van der Waals surface area contributed by atoms with Crippen molar-refractivity contribution in [3.8, 4) is 0 Å². The molecule has 0 aliphatic carbocycles. The molecule has 1 aromatic carbocycles. The third-order valence-electron chi connectivity index (χ3n) is 1.32. The van der Waals surface area contributed by atoms with Crippen molar-refractivity contribution in [2.45, 2.75) is 0 Å². The van der Waals surface area contributed by atoms with Crippen molar-refractivity contribution in [1.82, 2.24) is 5.32 Å². The summed E-state index contributed by atoms with van der Waals surface area (Å²) in [7, 11) is 0. The predicted octanol–water partition coefficient (Wildman–Crippen LogP) is 1.42. The minimum Gasteiger partial charge on any atom is -0.376 e. The van der Waals surface area contributed by atoms with Gasteiger partial charge in [-0.3, -0.25) is 10.1 Å². The van der Waals surface area contributed by atoms with Crippen LogP contribution in [0.5, 0.6) is 0 Å². The zero-order chi connectivity index (χ0) is 9.84. The van der Waals surface area contributed by atoms with Gasteiger partial charge in [0, 0.05) is 10.0 Å². The van der Waals surface area contributed by atoms with Crippen LogP contribution in [-0.4, -0.2) is 11.0 Å². The second kappa shape index (κ2) is 4.34. The molecule has 5 heteroatoms. The van der Waals surface area contributed by atoms with Crippen molar-refractivity contribution in [3.63, 3.8) is 0 Å². The molecule has 0 saturated heterocycles. The molecule has 0 heterocycles. The van der Waals surface area contributed by atoms with Gasteiger partial charge in [-0.15, -0.1) is 0 Å². The van der Waals surface area contributed by atoms with E-state index in [-0.39, 0.29) is 11.0 Å². The van der Waals surface area contributed by atoms with Crippen LogP contribution in [-0.2, 0) is 0 Å². The fraction of sp³-hybridized carbons (Fsp3) is 0. The highest BCUT2D eigenvalue weighted by Crippen LogP contribution is 2.11. The van der Waals surface area contributed by atoms with Gasteiger partial charge >= 0.3 is 0 Å². The highest BCUT2D eigenvalue weighted by Gasteiger charge is 2.05. The predicted molar refractivity (Wildman–Crippen MR) is 58.4 cm³/mol. The molecular weight excluding hydrogens is 252 g/mol. The van der Waals surface area contributed by atoms with E-state index in [2.05, 4.69) is 33.5 Å². The lowest BCUT2D eigenvalue weighted by molar-refractivity contribution is 0.0977. The lowest BCUT2D eigenvalue weighted by Gasteiger charge is -2.02. The summed E-state index contributed by atoms with van der Waals surface area (Å²) in [4.78, 5) is 11.3. The van der Waals surface area contributed by atoms with Gasteiger partial charge < -0.3 is 5.73 Å². The normalized spacial score (nSPS) is 9.31. The fourth-order valence-electron chi connectivity index (χ4n) is 0.814. The summed E-state index contributed by atoms with van der Waals surface area (Å²) in [6.45, 7) is 0. The number of halogens is 1. The maximum Gasteiger partial charge on any atom is 0.257 e. The quantitative estimate of drug-likeness (QED) is 0.750. The fourth-order valence-corrected chi connectivity index (χ4v) is 1.31. The van der Waals surface area contributed by atoms with Gasteiger partial charge in [-0.2, -0.15) is 0 Å². The molecule has 1 rings (SSSR count). The van der Waals surface area contributed by atoms with Crippen molar-refractivity contribution in [2.24, 2.45) is 5.73 Å². The molecule has 0 bridgehead atoms. The summed E-state index contributed by atoms with van der Waals surface area (Å²) >= 11 is 7.79. The monoisotopic (exact) mass is 258 g/mol. The molecule has 0 aliphatic heterocycles. The Morgan fingerprint density at radius 2 is 2.23 bits per heavy atom. The molecule has 0 radical (unpaired) electrons. The van der Waals surface area contributed by atoms with E-state index in [0.717, 1.165) is 4.47 Å². The Kier molecular flexibility index (Phi) is 3.39. The number of rotatable bonds is 1. The Hall–Kier alpha value is -0.940. The number of thiocarbonyl (C=S) groups is 1. The average Bonchev–Trinajstić information content (AvgIpc) is 2.03. The van der Waals surface area contributed by atoms with Crippen molar-refractivity contribution in [2.75, 3.05) is 0 Å². The average molecular weight is 259 g/mol. The molecule has 0 aliphatic rings. The lowest BCUT2D eigenvalue weighted by Crippen LogP contribution is -2.34. The maximum atomic E-state index is 11.3. The zero-order valence-electron chi connectivity index (χ0n) is 6.58. The summed E-state index contributed by atoms with van der Waals surface area (Å²) in [6.07, 6.45) is 0. The number of amides is 1. The van der Waals surface area contributed by atoms with Gasteiger partial charge in [0.1, 0.15) is 0 Å². The van der Waals surface area contributed by atoms with Crippen LogP contribution in [0.15, 0.2) is 28.7 Å². The Labute approximate surface area is 89.4 Å². The van der Waals surface area contributed by atoms with E-state index in [1.54, 1.807) is 18.2 Å². The Morgan fingerprint density at radius 1 is 1.54 bits per heavy atom. The number of hydrogen-bond donors (Lipinski definition) is 2. The minimum atomic E-state index is -0.297. The molecule has 3 N–H and O–H groups in total. The van der Waals surface area contributed by atoms with E-state index in [1.807, 2.05) is 6.07 Å². The van der Waals surface area contributed by atoms with E-state index >= 15 is 0 Å². The van der Waals surface area contributed by atoms with Crippen molar-refractivity contribution in [1.29, 1.82) is 0 Å². The summed E-state index contributed by atoms with van der Waals surface area (Å²) in [6, 6.07) is 6.96. The molecule has 0 unspecified atom stereocenters. The van der Waals surface area contributed by atoms with Crippen LogP contribution in [0.25, 0.3) is 0 Å².